The van der Waals surface area contributed by atoms with Crippen LogP contribution in [-0.2, 0) is 16.1 Å². The molecule has 6 heteroatoms. The molecule has 0 unspecified atom stereocenters. The fourth-order valence-corrected chi connectivity index (χ4v) is 2.81. The van der Waals surface area contributed by atoms with Gasteiger partial charge in [0.2, 0.25) is 0 Å². The molecule has 0 radical (unpaired) electrons. The highest BCUT2D eigenvalue weighted by Gasteiger charge is 2.19. The van der Waals surface area contributed by atoms with Crippen LogP contribution < -0.4 is 15.8 Å². The largest absolute Gasteiger partial charge is 0.461 e. The number of urea groups is 1. The zero-order chi connectivity index (χ0) is 20.5. The maximum Gasteiger partial charge on any atom is 0.312 e. The Kier molecular flexibility index (Phi) is 6.84. The summed E-state index contributed by atoms with van der Waals surface area (Å²) in [7, 11) is 0. The van der Waals surface area contributed by atoms with Crippen molar-refractivity contribution < 1.29 is 19.1 Å². The van der Waals surface area contributed by atoms with E-state index < -0.39 is 18.0 Å². The molecule has 0 bridgehead atoms. The molecule has 1 atom stereocenters. The van der Waals surface area contributed by atoms with E-state index >= 15 is 0 Å². The predicted octanol–water partition coefficient (Wildman–Crippen LogP) is 4.32. The molecule has 6 nitrogen and oxygen atoms in total. The van der Waals surface area contributed by atoms with Gasteiger partial charge in [0, 0.05) is 0 Å². The molecular weight excluding hydrogens is 368 g/mol. The molecule has 3 rings (SSSR count). The molecule has 0 saturated carbocycles. The van der Waals surface area contributed by atoms with Gasteiger partial charge in [0.15, 0.2) is 0 Å². The van der Waals surface area contributed by atoms with Crippen molar-refractivity contribution in [3.8, 4) is 11.5 Å². The predicted molar refractivity (Wildman–Crippen MR) is 109 cm³/mol. The molecule has 0 heterocycles. The van der Waals surface area contributed by atoms with E-state index in [4.69, 9.17) is 15.2 Å². The number of hydrogen-bond acceptors (Lipinski definition) is 4. The van der Waals surface area contributed by atoms with Gasteiger partial charge >= 0.3 is 12.0 Å². The summed E-state index contributed by atoms with van der Waals surface area (Å²) in [5, 5.41) is 2.60. The average Bonchev–Trinajstić information content (AvgIpc) is 2.73. The van der Waals surface area contributed by atoms with E-state index in [1.165, 1.54) is 0 Å². The highest BCUT2D eigenvalue weighted by Crippen LogP contribution is 2.26. The lowest BCUT2D eigenvalue weighted by Gasteiger charge is -2.18. The van der Waals surface area contributed by atoms with Gasteiger partial charge in [-0.2, -0.15) is 0 Å². The van der Waals surface area contributed by atoms with Crippen molar-refractivity contribution in [3.05, 3.63) is 96.1 Å². The summed E-state index contributed by atoms with van der Waals surface area (Å²) in [6, 6.07) is 24.5. The van der Waals surface area contributed by atoms with Gasteiger partial charge in [0.05, 0.1) is 12.5 Å². The molecule has 3 N–H and O–H groups in total. The normalized spacial score (nSPS) is 11.3. The van der Waals surface area contributed by atoms with Crippen molar-refractivity contribution >= 4 is 12.0 Å². The number of para-hydroxylation sites is 1. The van der Waals surface area contributed by atoms with E-state index in [0.29, 0.717) is 17.1 Å². The molecule has 3 aromatic carbocycles. The summed E-state index contributed by atoms with van der Waals surface area (Å²) in [6.45, 7) is 0.167. The minimum atomic E-state index is -0.722. The standard InChI is InChI=1S/C23H22N2O4/c24-23(27)25-21(15-22(26)28-16-17-8-3-1-4-9-17)18-10-7-13-20(14-18)29-19-11-5-2-6-12-19/h1-14,21H,15-16H2,(H3,24,25,27)/t21-/m0/s1. The first kappa shape index (κ1) is 19.9. The van der Waals surface area contributed by atoms with E-state index in [1.807, 2.05) is 60.7 Å². The quantitative estimate of drug-likeness (QED) is 0.561. The first-order valence-electron chi connectivity index (χ1n) is 9.18. The van der Waals surface area contributed by atoms with Crippen molar-refractivity contribution in [2.75, 3.05) is 0 Å². The second kappa shape index (κ2) is 9.94. The van der Waals surface area contributed by atoms with Crippen molar-refractivity contribution in [3.63, 3.8) is 0 Å². The van der Waals surface area contributed by atoms with E-state index in [9.17, 15) is 9.59 Å². The molecule has 0 saturated heterocycles. The van der Waals surface area contributed by atoms with Crippen molar-refractivity contribution in [1.82, 2.24) is 5.32 Å². The number of nitrogens with one attached hydrogen (secondary N) is 1. The monoisotopic (exact) mass is 390 g/mol. The second-order valence-electron chi connectivity index (χ2n) is 6.40. The van der Waals surface area contributed by atoms with E-state index in [1.54, 1.807) is 24.3 Å². The van der Waals surface area contributed by atoms with Gasteiger partial charge < -0.3 is 20.5 Å². The number of carbonyl (C=O) groups is 2. The summed E-state index contributed by atoms with van der Waals surface area (Å²) in [5.74, 6) is 0.830. The maximum absolute atomic E-state index is 12.3. The van der Waals surface area contributed by atoms with Gasteiger partial charge in [-0.05, 0) is 35.4 Å². The van der Waals surface area contributed by atoms with Crippen LogP contribution in [0.1, 0.15) is 23.6 Å². The van der Waals surface area contributed by atoms with Crippen LogP contribution in [-0.4, -0.2) is 12.0 Å². The Morgan fingerprint density at radius 3 is 2.21 bits per heavy atom. The van der Waals surface area contributed by atoms with Crippen LogP contribution in [0.4, 0.5) is 4.79 Å². The van der Waals surface area contributed by atoms with Crippen LogP contribution >= 0.6 is 0 Å². The zero-order valence-corrected chi connectivity index (χ0v) is 15.8. The lowest BCUT2D eigenvalue weighted by Crippen LogP contribution is -2.34. The minimum Gasteiger partial charge on any atom is -0.461 e. The van der Waals surface area contributed by atoms with Crippen LogP contribution in [0.15, 0.2) is 84.9 Å². The van der Waals surface area contributed by atoms with E-state index in [0.717, 1.165) is 5.56 Å². The third-order valence-electron chi connectivity index (χ3n) is 4.17. The molecule has 2 amide bonds. The fourth-order valence-electron chi connectivity index (χ4n) is 2.81. The Bertz CT molecular complexity index is 945. The fraction of sp³-hybridized carbons (Fsp3) is 0.130. The van der Waals surface area contributed by atoms with Crippen molar-refractivity contribution in [1.29, 1.82) is 0 Å². The molecule has 0 aliphatic carbocycles. The van der Waals surface area contributed by atoms with Crippen molar-refractivity contribution in [2.24, 2.45) is 5.73 Å². The summed E-state index contributed by atoms with van der Waals surface area (Å²) in [6.07, 6.45) is -0.0510. The lowest BCUT2D eigenvalue weighted by molar-refractivity contribution is -0.145. The summed E-state index contributed by atoms with van der Waals surface area (Å²) < 4.78 is 11.1. The van der Waals surface area contributed by atoms with Crippen LogP contribution in [0, 0.1) is 0 Å². The molecule has 0 fully saturated rings. The third kappa shape index (κ3) is 6.39. The smallest absolute Gasteiger partial charge is 0.312 e. The Hall–Kier alpha value is -3.80. The van der Waals surface area contributed by atoms with Gasteiger partial charge in [-0.1, -0.05) is 60.7 Å². The van der Waals surface area contributed by atoms with Crippen LogP contribution in [0.3, 0.4) is 0 Å². The number of hydrogen-bond donors (Lipinski definition) is 2. The topological polar surface area (TPSA) is 90.7 Å². The molecular formula is C23H22N2O4. The first-order chi connectivity index (χ1) is 14.1. The van der Waals surface area contributed by atoms with Crippen LogP contribution in [0.5, 0.6) is 11.5 Å². The Balaban J connectivity index is 1.68. The van der Waals surface area contributed by atoms with Gasteiger partial charge in [-0.3, -0.25) is 4.79 Å². The van der Waals surface area contributed by atoms with Gasteiger partial charge in [0.1, 0.15) is 18.1 Å². The van der Waals surface area contributed by atoms with Crippen molar-refractivity contribution in [2.45, 2.75) is 19.1 Å². The number of carbonyl (C=O) groups excluding carboxylic acids is 2. The first-order valence-corrected chi connectivity index (χ1v) is 9.18. The average molecular weight is 390 g/mol. The molecule has 0 aliphatic rings. The minimum absolute atomic E-state index is 0.0510. The zero-order valence-electron chi connectivity index (χ0n) is 15.8. The molecule has 0 aromatic heterocycles. The number of nitrogens with two attached hydrogens (primary N) is 1. The Morgan fingerprint density at radius 2 is 1.52 bits per heavy atom. The molecule has 29 heavy (non-hydrogen) atoms. The van der Waals surface area contributed by atoms with E-state index in [-0.39, 0.29) is 13.0 Å². The molecule has 3 aromatic rings. The Morgan fingerprint density at radius 1 is 0.862 bits per heavy atom. The lowest BCUT2D eigenvalue weighted by atomic mass is 10.0. The highest BCUT2D eigenvalue weighted by molar-refractivity contribution is 5.75. The molecule has 148 valence electrons. The highest BCUT2D eigenvalue weighted by atomic mass is 16.5. The van der Waals surface area contributed by atoms with E-state index in [2.05, 4.69) is 5.32 Å². The summed E-state index contributed by atoms with van der Waals surface area (Å²) in [5.41, 5.74) is 6.88. The number of ether oxygens (including phenoxy) is 2. The number of primary amides is 1. The van der Waals surface area contributed by atoms with Gasteiger partial charge in [-0.15, -0.1) is 0 Å². The molecule has 0 aliphatic heterocycles. The number of benzene rings is 3. The van der Waals surface area contributed by atoms with Crippen LogP contribution in [0.2, 0.25) is 0 Å². The van der Waals surface area contributed by atoms with Gasteiger partial charge in [0.25, 0.3) is 0 Å². The number of esters is 1. The summed E-state index contributed by atoms with van der Waals surface area (Å²) >= 11 is 0. The van der Waals surface area contributed by atoms with Crippen LogP contribution in [0.25, 0.3) is 0 Å². The number of amides is 2. The van der Waals surface area contributed by atoms with Gasteiger partial charge in [-0.25, -0.2) is 4.79 Å². The summed E-state index contributed by atoms with van der Waals surface area (Å²) in [4.78, 5) is 23.8. The maximum atomic E-state index is 12.3. The Labute approximate surface area is 169 Å². The third-order valence-corrected chi connectivity index (χ3v) is 4.17. The number of rotatable bonds is 8. The second-order valence-corrected chi connectivity index (χ2v) is 6.40. The molecule has 0 spiro atoms. The SMILES string of the molecule is NC(=O)N[C@@H](CC(=O)OCc1ccccc1)c1cccc(Oc2ccccc2)c1.